The molecule has 0 radical (unpaired) electrons. The van der Waals surface area contributed by atoms with Crippen molar-refractivity contribution >= 4 is 35.2 Å². The molecule has 2 aromatic carbocycles. The summed E-state index contributed by atoms with van der Waals surface area (Å²) in [5, 5.41) is 12.2. The second-order valence-electron chi connectivity index (χ2n) is 5.51. The molecule has 0 aliphatic heterocycles. The van der Waals surface area contributed by atoms with Gasteiger partial charge in [0.1, 0.15) is 11.6 Å². The number of nitrogens with one attached hydrogen (secondary N) is 1. The lowest BCUT2D eigenvalue weighted by Crippen LogP contribution is -2.20. The van der Waals surface area contributed by atoms with E-state index in [-0.39, 0.29) is 28.7 Å². The Labute approximate surface area is 167 Å². The molecule has 0 aromatic heterocycles. The van der Waals surface area contributed by atoms with Crippen molar-refractivity contribution in [2.45, 2.75) is 6.92 Å². The van der Waals surface area contributed by atoms with Crippen molar-refractivity contribution in [3.63, 3.8) is 0 Å². The number of rotatable bonds is 8. The molecule has 144 valence electrons. The fourth-order valence-corrected chi connectivity index (χ4v) is 2.53. The highest BCUT2D eigenvalue weighted by Gasteiger charge is 2.15. The van der Waals surface area contributed by atoms with Crippen LogP contribution in [0.1, 0.15) is 12.5 Å². The Hall–Kier alpha value is -3.50. The highest BCUT2D eigenvalue weighted by Crippen LogP contribution is 2.37. The van der Waals surface area contributed by atoms with Gasteiger partial charge in [0.2, 0.25) is 0 Å². The maximum atomic E-state index is 12.3. The molecule has 0 saturated carbocycles. The van der Waals surface area contributed by atoms with Crippen LogP contribution in [0.15, 0.2) is 48.0 Å². The van der Waals surface area contributed by atoms with Crippen LogP contribution in [0.4, 0.5) is 5.69 Å². The van der Waals surface area contributed by atoms with E-state index in [0.717, 1.165) is 0 Å². The Morgan fingerprint density at radius 3 is 2.57 bits per heavy atom. The summed E-state index contributed by atoms with van der Waals surface area (Å²) >= 11 is 6.22. The van der Waals surface area contributed by atoms with Crippen molar-refractivity contribution in [2.75, 3.05) is 18.5 Å². The van der Waals surface area contributed by atoms with Crippen LogP contribution in [-0.4, -0.2) is 25.0 Å². The van der Waals surface area contributed by atoms with Gasteiger partial charge in [-0.05, 0) is 42.8 Å². The minimum absolute atomic E-state index is 0.117. The van der Waals surface area contributed by atoms with Gasteiger partial charge in [-0.3, -0.25) is 9.59 Å². The first-order chi connectivity index (χ1) is 13.4. The zero-order chi connectivity index (χ0) is 20.5. The number of halogens is 1. The second kappa shape index (κ2) is 10.00. The number of hydrogen-bond acceptors (Lipinski definition) is 5. The van der Waals surface area contributed by atoms with Gasteiger partial charge in [0.15, 0.2) is 18.1 Å². The van der Waals surface area contributed by atoms with Gasteiger partial charge >= 0.3 is 0 Å². The zero-order valence-electron chi connectivity index (χ0n) is 15.1. The second-order valence-corrected chi connectivity index (χ2v) is 5.92. The van der Waals surface area contributed by atoms with E-state index in [1.807, 2.05) is 12.1 Å². The topological polar surface area (TPSA) is 114 Å². The van der Waals surface area contributed by atoms with E-state index in [4.69, 9.17) is 26.8 Å². The van der Waals surface area contributed by atoms with E-state index < -0.39 is 11.8 Å². The van der Waals surface area contributed by atoms with E-state index >= 15 is 0 Å². The largest absolute Gasteiger partial charge is 0.490 e. The van der Waals surface area contributed by atoms with Crippen LogP contribution < -0.4 is 20.5 Å². The van der Waals surface area contributed by atoms with Crippen LogP contribution in [-0.2, 0) is 9.59 Å². The van der Waals surface area contributed by atoms with Crippen molar-refractivity contribution in [1.29, 1.82) is 5.26 Å². The summed E-state index contributed by atoms with van der Waals surface area (Å²) in [5.74, 6) is -0.793. The maximum Gasteiger partial charge on any atom is 0.266 e. The van der Waals surface area contributed by atoms with Crippen LogP contribution >= 0.6 is 11.6 Å². The van der Waals surface area contributed by atoms with Gasteiger partial charge in [-0.15, -0.1) is 0 Å². The molecule has 0 aliphatic rings. The first-order valence-electron chi connectivity index (χ1n) is 8.30. The number of carbonyl (C=O) groups excluding carboxylic acids is 2. The standard InChI is InChI=1S/C20H18ClN3O4/c1-2-27-17-10-13(9-16(21)19(17)28-12-18(23)25)8-14(11-22)20(26)24-15-6-4-3-5-7-15/h3-10H,2,12H2,1H3,(H2,23,25)(H,24,26)/b14-8+. The average Bonchev–Trinajstić information content (AvgIpc) is 2.66. The quantitative estimate of drug-likeness (QED) is 0.522. The zero-order valence-corrected chi connectivity index (χ0v) is 15.8. The van der Waals surface area contributed by atoms with Gasteiger partial charge < -0.3 is 20.5 Å². The molecule has 0 aliphatic carbocycles. The highest BCUT2D eigenvalue weighted by atomic mass is 35.5. The van der Waals surface area contributed by atoms with Crippen LogP contribution in [0.3, 0.4) is 0 Å². The number of hydrogen-bond donors (Lipinski definition) is 2. The first-order valence-corrected chi connectivity index (χ1v) is 8.68. The SMILES string of the molecule is CCOc1cc(/C=C(\C#N)C(=O)Nc2ccccc2)cc(Cl)c1OCC(N)=O. The molecule has 0 spiro atoms. The summed E-state index contributed by atoms with van der Waals surface area (Å²) in [6.45, 7) is 1.72. The summed E-state index contributed by atoms with van der Waals surface area (Å²) < 4.78 is 10.8. The summed E-state index contributed by atoms with van der Waals surface area (Å²) in [6.07, 6.45) is 1.38. The number of para-hydroxylation sites is 1. The van der Waals surface area contributed by atoms with Gasteiger partial charge in [-0.1, -0.05) is 29.8 Å². The molecular formula is C20H18ClN3O4. The number of nitrogens with zero attached hydrogens (tertiary/aromatic N) is 1. The van der Waals surface area contributed by atoms with E-state index in [1.54, 1.807) is 37.3 Å². The third kappa shape index (κ3) is 5.76. The molecule has 0 fully saturated rings. The molecule has 0 heterocycles. The number of anilines is 1. The Kier molecular flexibility index (Phi) is 7.43. The highest BCUT2D eigenvalue weighted by molar-refractivity contribution is 6.32. The van der Waals surface area contributed by atoms with Crippen LogP contribution in [0.5, 0.6) is 11.5 Å². The number of carbonyl (C=O) groups is 2. The lowest BCUT2D eigenvalue weighted by molar-refractivity contribution is -0.120. The Balaban J connectivity index is 2.32. The Morgan fingerprint density at radius 1 is 1.25 bits per heavy atom. The lowest BCUT2D eigenvalue weighted by Gasteiger charge is -2.13. The van der Waals surface area contributed by atoms with E-state index in [9.17, 15) is 14.9 Å². The molecular weight excluding hydrogens is 382 g/mol. The molecule has 8 heteroatoms. The van der Waals surface area contributed by atoms with Crippen LogP contribution in [0.2, 0.25) is 5.02 Å². The molecule has 2 rings (SSSR count). The van der Waals surface area contributed by atoms with Crippen LogP contribution in [0, 0.1) is 11.3 Å². The molecule has 3 N–H and O–H groups in total. The summed E-state index contributed by atoms with van der Waals surface area (Å²) in [4.78, 5) is 23.3. The van der Waals surface area contributed by atoms with Crippen molar-refractivity contribution in [3.05, 3.63) is 58.6 Å². The first kappa shape index (κ1) is 20.8. The fraction of sp³-hybridized carbons (Fsp3) is 0.150. The number of ether oxygens (including phenoxy) is 2. The van der Waals surface area contributed by atoms with Crippen LogP contribution in [0.25, 0.3) is 6.08 Å². The maximum absolute atomic E-state index is 12.3. The van der Waals surface area contributed by atoms with Crippen molar-refractivity contribution in [2.24, 2.45) is 5.73 Å². The van der Waals surface area contributed by atoms with E-state index in [0.29, 0.717) is 17.9 Å². The van der Waals surface area contributed by atoms with Crippen molar-refractivity contribution < 1.29 is 19.1 Å². The molecule has 2 amide bonds. The molecule has 2 aromatic rings. The Morgan fingerprint density at radius 2 is 1.96 bits per heavy atom. The summed E-state index contributed by atoms with van der Waals surface area (Å²) in [6, 6.07) is 13.7. The predicted octanol–water partition coefficient (Wildman–Crippen LogP) is 3.15. The minimum Gasteiger partial charge on any atom is -0.490 e. The Bertz CT molecular complexity index is 936. The van der Waals surface area contributed by atoms with Gasteiger partial charge in [0, 0.05) is 5.69 Å². The number of nitrogens with two attached hydrogens (primary N) is 1. The van der Waals surface area contributed by atoms with Crippen molar-refractivity contribution in [3.8, 4) is 17.6 Å². The smallest absolute Gasteiger partial charge is 0.266 e. The molecule has 28 heavy (non-hydrogen) atoms. The fourth-order valence-electron chi connectivity index (χ4n) is 2.25. The summed E-state index contributed by atoms with van der Waals surface area (Å²) in [7, 11) is 0. The molecule has 0 unspecified atom stereocenters. The van der Waals surface area contributed by atoms with Gasteiger partial charge in [0.25, 0.3) is 11.8 Å². The number of nitriles is 1. The molecule has 0 saturated heterocycles. The van der Waals surface area contributed by atoms with E-state index in [2.05, 4.69) is 5.32 Å². The third-order valence-corrected chi connectivity index (χ3v) is 3.68. The molecule has 0 atom stereocenters. The number of benzene rings is 2. The van der Waals surface area contributed by atoms with E-state index in [1.165, 1.54) is 12.1 Å². The summed E-state index contributed by atoms with van der Waals surface area (Å²) in [5.41, 5.74) is 5.99. The van der Waals surface area contributed by atoms with Gasteiger partial charge in [0.05, 0.1) is 11.6 Å². The molecule has 0 bridgehead atoms. The normalized spacial score (nSPS) is 10.7. The van der Waals surface area contributed by atoms with Gasteiger partial charge in [-0.25, -0.2) is 0 Å². The number of amides is 2. The minimum atomic E-state index is -0.660. The van der Waals surface area contributed by atoms with Gasteiger partial charge in [-0.2, -0.15) is 5.26 Å². The monoisotopic (exact) mass is 399 g/mol. The predicted molar refractivity (Wildman–Crippen MR) is 106 cm³/mol. The third-order valence-electron chi connectivity index (χ3n) is 3.40. The lowest BCUT2D eigenvalue weighted by atomic mass is 10.1. The number of primary amides is 1. The average molecular weight is 400 g/mol. The van der Waals surface area contributed by atoms with Crippen molar-refractivity contribution in [1.82, 2.24) is 0 Å². The molecule has 7 nitrogen and oxygen atoms in total.